The van der Waals surface area contributed by atoms with Gasteiger partial charge in [-0.3, -0.25) is 4.79 Å². The fourth-order valence-corrected chi connectivity index (χ4v) is 2.21. The van der Waals surface area contributed by atoms with E-state index < -0.39 is 0 Å². The maximum Gasteiger partial charge on any atom is 0.241 e. The third-order valence-electron chi connectivity index (χ3n) is 3.28. The summed E-state index contributed by atoms with van der Waals surface area (Å²) in [6.45, 7) is 1.96. The molecule has 0 aromatic heterocycles. The molecule has 6 heteroatoms. The van der Waals surface area contributed by atoms with Gasteiger partial charge in [-0.25, -0.2) is 0 Å². The second-order valence-corrected chi connectivity index (χ2v) is 4.86. The summed E-state index contributed by atoms with van der Waals surface area (Å²) in [5.41, 5.74) is 0.761. The number of anilines is 1. The number of piperidine rings is 1. The van der Waals surface area contributed by atoms with E-state index in [0.717, 1.165) is 37.2 Å². The summed E-state index contributed by atoms with van der Waals surface area (Å²) in [7, 11) is 1.64. The number of hydrogen-bond donors (Lipinski definition) is 2. The van der Waals surface area contributed by atoms with E-state index in [4.69, 9.17) is 9.47 Å². The van der Waals surface area contributed by atoms with Gasteiger partial charge < -0.3 is 20.1 Å². The Balaban J connectivity index is 0.00000220. The lowest BCUT2D eigenvalue weighted by atomic mass is 10.0. The van der Waals surface area contributed by atoms with E-state index in [1.165, 1.54) is 0 Å². The average molecular weight is 315 g/mol. The van der Waals surface area contributed by atoms with Crippen LogP contribution in [-0.4, -0.2) is 38.8 Å². The Morgan fingerprint density at radius 1 is 1.38 bits per heavy atom. The van der Waals surface area contributed by atoms with Crippen molar-refractivity contribution in [2.75, 3.05) is 32.2 Å². The summed E-state index contributed by atoms with van der Waals surface area (Å²) >= 11 is 0. The van der Waals surface area contributed by atoms with Crippen molar-refractivity contribution in [3.63, 3.8) is 0 Å². The van der Waals surface area contributed by atoms with Crippen molar-refractivity contribution in [3.05, 3.63) is 24.3 Å². The van der Waals surface area contributed by atoms with Crippen molar-refractivity contribution in [2.45, 2.75) is 25.3 Å². The van der Waals surface area contributed by atoms with E-state index in [1.54, 1.807) is 7.11 Å². The highest BCUT2D eigenvalue weighted by Crippen LogP contribution is 2.18. The van der Waals surface area contributed by atoms with Gasteiger partial charge in [0, 0.05) is 18.9 Å². The van der Waals surface area contributed by atoms with Crippen LogP contribution in [0.4, 0.5) is 5.69 Å². The van der Waals surface area contributed by atoms with Crippen LogP contribution < -0.4 is 15.4 Å². The van der Waals surface area contributed by atoms with Crippen molar-refractivity contribution in [1.82, 2.24) is 5.32 Å². The zero-order chi connectivity index (χ0) is 14.2. The summed E-state index contributed by atoms with van der Waals surface area (Å²) in [5, 5.41) is 6.17. The van der Waals surface area contributed by atoms with Gasteiger partial charge in [-0.05, 0) is 31.5 Å². The monoisotopic (exact) mass is 314 g/mol. The van der Waals surface area contributed by atoms with E-state index >= 15 is 0 Å². The second kappa shape index (κ2) is 9.60. The van der Waals surface area contributed by atoms with E-state index in [2.05, 4.69) is 10.6 Å². The van der Waals surface area contributed by atoms with Crippen molar-refractivity contribution in [2.24, 2.45) is 0 Å². The van der Waals surface area contributed by atoms with Crippen LogP contribution >= 0.6 is 12.4 Å². The first kappa shape index (κ1) is 17.8. The van der Waals surface area contributed by atoms with Gasteiger partial charge in [-0.2, -0.15) is 0 Å². The molecule has 1 fully saturated rings. The van der Waals surface area contributed by atoms with Gasteiger partial charge in [-0.15, -0.1) is 12.4 Å². The quantitative estimate of drug-likeness (QED) is 0.790. The van der Waals surface area contributed by atoms with Gasteiger partial charge in [0.25, 0.3) is 0 Å². The van der Waals surface area contributed by atoms with Crippen LogP contribution in [0.1, 0.15) is 19.3 Å². The first-order valence-corrected chi connectivity index (χ1v) is 7.05. The Bertz CT molecular complexity index is 437. The lowest BCUT2D eigenvalue weighted by Gasteiger charge is -2.22. The Morgan fingerprint density at radius 2 is 2.24 bits per heavy atom. The molecule has 0 spiro atoms. The molecule has 2 N–H and O–H groups in total. The van der Waals surface area contributed by atoms with Crippen LogP contribution in [0.3, 0.4) is 0 Å². The molecule has 1 aromatic rings. The summed E-state index contributed by atoms with van der Waals surface area (Å²) in [6, 6.07) is 7.35. The van der Waals surface area contributed by atoms with Crippen molar-refractivity contribution in [1.29, 1.82) is 0 Å². The lowest BCUT2D eigenvalue weighted by Crippen LogP contribution is -2.43. The predicted molar refractivity (Wildman–Crippen MR) is 85.3 cm³/mol. The number of benzene rings is 1. The lowest BCUT2D eigenvalue weighted by molar-refractivity contribution is -0.118. The second-order valence-electron chi connectivity index (χ2n) is 4.86. The highest BCUT2D eigenvalue weighted by atomic mass is 35.5. The maximum atomic E-state index is 12.1. The number of hydrogen-bond acceptors (Lipinski definition) is 4. The molecule has 1 saturated heterocycles. The van der Waals surface area contributed by atoms with Gasteiger partial charge in [0.2, 0.25) is 5.91 Å². The normalized spacial score (nSPS) is 17.7. The van der Waals surface area contributed by atoms with E-state index in [-0.39, 0.29) is 24.4 Å². The van der Waals surface area contributed by atoms with Gasteiger partial charge in [0.1, 0.15) is 12.4 Å². The molecule has 21 heavy (non-hydrogen) atoms. The summed E-state index contributed by atoms with van der Waals surface area (Å²) in [4.78, 5) is 12.1. The third kappa shape index (κ3) is 5.91. The maximum absolute atomic E-state index is 12.1. The molecule has 1 aromatic carbocycles. The fourth-order valence-electron chi connectivity index (χ4n) is 2.21. The molecule has 1 aliphatic rings. The Hall–Kier alpha value is -1.30. The van der Waals surface area contributed by atoms with Crippen LogP contribution in [0.15, 0.2) is 24.3 Å². The van der Waals surface area contributed by atoms with E-state index in [1.807, 2.05) is 24.3 Å². The van der Waals surface area contributed by atoms with Gasteiger partial charge >= 0.3 is 0 Å². The molecule has 1 amide bonds. The van der Waals surface area contributed by atoms with Crippen molar-refractivity contribution in [3.8, 4) is 5.75 Å². The van der Waals surface area contributed by atoms with Crippen molar-refractivity contribution < 1.29 is 14.3 Å². The first-order chi connectivity index (χ1) is 9.79. The number of halogens is 1. The van der Waals surface area contributed by atoms with Gasteiger partial charge in [-0.1, -0.05) is 12.5 Å². The molecule has 0 saturated carbocycles. The number of rotatable bonds is 6. The molecule has 1 atom stereocenters. The number of carbonyl (C=O) groups is 1. The molecule has 1 heterocycles. The zero-order valence-corrected chi connectivity index (χ0v) is 13.1. The molecule has 0 bridgehead atoms. The molecule has 1 aliphatic heterocycles. The van der Waals surface area contributed by atoms with Crippen LogP contribution in [0.25, 0.3) is 0 Å². The van der Waals surface area contributed by atoms with Crippen LogP contribution in [-0.2, 0) is 9.53 Å². The predicted octanol–water partition coefficient (Wildman–Crippen LogP) is 2.21. The molecule has 0 radical (unpaired) electrons. The third-order valence-corrected chi connectivity index (χ3v) is 3.28. The van der Waals surface area contributed by atoms with Gasteiger partial charge in [0.05, 0.1) is 12.6 Å². The molecule has 5 nitrogen and oxygen atoms in total. The number of ether oxygens (including phenoxy) is 2. The minimum absolute atomic E-state index is 0. The minimum atomic E-state index is -0.0817. The molecular formula is C15H23ClN2O3. The average Bonchev–Trinajstić information content (AvgIpc) is 2.49. The van der Waals surface area contributed by atoms with Crippen LogP contribution in [0.2, 0.25) is 0 Å². The van der Waals surface area contributed by atoms with Gasteiger partial charge in [0.15, 0.2) is 0 Å². The minimum Gasteiger partial charge on any atom is -0.491 e. The first-order valence-electron chi connectivity index (χ1n) is 7.05. The summed E-state index contributed by atoms with van der Waals surface area (Å²) in [6.07, 6.45) is 3.15. The molecule has 0 unspecified atom stereocenters. The Morgan fingerprint density at radius 3 is 2.95 bits per heavy atom. The standard InChI is InChI=1S/C15H22N2O3.ClH/c1-19-9-10-20-13-6-4-5-12(11-13)17-15(18)14-7-2-3-8-16-14;/h4-6,11,14,16H,2-3,7-10H2,1H3,(H,17,18);1H/t14-;/m1./s1. The highest BCUT2D eigenvalue weighted by Gasteiger charge is 2.20. The number of nitrogens with one attached hydrogen (secondary N) is 2. The Kier molecular flexibility index (Phi) is 8.12. The molecule has 2 rings (SSSR count). The van der Waals surface area contributed by atoms with Crippen LogP contribution in [0, 0.1) is 0 Å². The summed E-state index contributed by atoms with van der Waals surface area (Å²) < 4.78 is 10.5. The smallest absolute Gasteiger partial charge is 0.241 e. The topological polar surface area (TPSA) is 59.6 Å². The summed E-state index contributed by atoms with van der Waals surface area (Å²) in [5.74, 6) is 0.759. The molecule has 118 valence electrons. The largest absolute Gasteiger partial charge is 0.491 e. The number of carbonyl (C=O) groups excluding carboxylic acids is 1. The fraction of sp³-hybridized carbons (Fsp3) is 0.533. The van der Waals surface area contributed by atoms with Crippen LogP contribution in [0.5, 0.6) is 5.75 Å². The Labute approximate surface area is 131 Å². The molecular weight excluding hydrogens is 292 g/mol. The highest BCUT2D eigenvalue weighted by molar-refractivity contribution is 5.95. The SMILES string of the molecule is COCCOc1cccc(NC(=O)[C@H]2CCCCN2)c1.Cl. The van der Waals surface area contributed by atoms with Crippen molar-refractivity contribution >= 4 is 24.0 Å². The van der Waals surface area contributed by atoms with E-state index in [9.17, 15) is 4.79 Å². The van der Waals surface area contributed by atoms with E-state index in [0.29, 0.717) is 13.2 Å². The zero-order valence-electron chi connectivity index (χ0n) is 12.3. The number of amides is 1. The number of methoxy groups -OCH3 is 1. The molecule has 0 aliphatic carbocycles.